The van der Waals surface area contributed by atoms with Crippen LogP contribution in [-0.4, -0.2) is 13.7 Å². The molecule has 3 heteroatoms. The molecular formula is C16H18ClNO. The lowest BCUT2D eigenvalue weighted by Gasteiger charge is -2.08. The van der Waals surface area contributed by atoms with Gasteiger partial charge in [-0.15, -0.1) is 0 Å². The minimum atomic E-state index is 0.634. The van der Waals surface area contributed by atoms with Gasteiger partial charge in [0.05, 0.1) is 12.1 Å². The lowest BCUT2D eigenvalue weighted by Crippen LogP contribution is -2.11. The number of rotatable bonds is 5. The third kappa shape index (κ3) is 3.49. The van der Waals surface area contributed by atoms with Gasteiger partial charge >= 0.3 is 0 Å². The van der Waals surface area contributed by atoms with Gasteiger partial charge in [-0.25, -0.2) is 0 Å². The summed E-state index contributed by atoms with van der Waals surface area (Å²) in [5.74, 6) is 0.705. The maximum atomic E-state index is 6.03. The molecule has 0 radical (unpaired) electrons. The predicted molar refractivity (Wildman–Crippen MR) is 80.8 cm³/mol. The van der Waals surface area contributed by atoms with Crippen molar-refractivity contribution in [2.75, 3.05) is 13.7 Å². The van der Waals surface area contributed by atoms with Crippen LogP contribution in [-0.2, 0) is 6.54 Å². The van der Waals surface area contributed by atoms with Crippen molar-refractivity contribution < 1.29 is 4.74 Å². The number of halogens is 1. The average molecular weight is 276 g/mol. The van der Waals surface area contributed by atoms with Gasteiger partial charge in [-0.3, -0.25) is 0 Å². The van der Waals surface area contributed by atoms with Gasteiger partial charge in [0.25, 0.3) is 0 Å². The molecular weight excluding hydrogens is 258 g/mol. The highest BCUT2D eigenvalue weighted by atomic mass is 35.5. The summed E-state index contributed by atoms with van der Waals surface area (Å²) in [5, 5.41) is 3.95. The lowest BCUT2D eigenvalue weighted by molar-refractivity contribution is 0.415. The highest BCUT2D eigenvalue weighted by molar-refractivity contribution is 6.32. The van der Waals surface area contributed by atoms with Crippen LogP contribution in [0.1, 0.15) is 12.5 Å². The summed E-state index contributed by atoms with van der Waals surface area (Å²) in [6.07, 6.45) is 0. The van der Waals surface area contributed by atoms with Crippen molar-refractivity contribution >= 4 is 11.6 Å². The Hall–Kier alpha value is -1.51. The number of benzene rings is 2. The smallest absolute Gasteiger partial charge is 0.138 e. The van der Waals surface area contributed by atoms with E-state index in [1.807, 2.05) is 18.2 Å². The van der Waals surface area contributed by atoms with E-state index in [1.165, 1.54) is 5.56 Å². The van der Waals surface area contributed by atoms with E-state index in [-0.39, 0.29) is 0 Å². The number of hydrogen-bond donors (Lipinski definition) is 1. The molecule has 1 N–H and O–H groups in total. The van der Waals surface area contributed by atoms with Crippen molar-refractivity contribution in [1.29, 1.82) is 0 Å². The normalized spacial score (nSPS) is 10.5. The van der Waals surface area contributed by atoms with E-state index in [9.17, 15) is 0 Å². The zero-order valence-electron chi connectivity index (χ0n) is 11.2. The predicted octanol–water partition coefficient (Wildman–Crippen LogP) is 4.13. The van der Waals surface area contributed by atoms with Gasteiger partial charge in [-0.1, -0.05) is 48.9 Å². The summed E-state index contributed by atoms with van der Waals surface area (Å²) in [6.45, 7) is 3.99. The standard InChI is InChI=1S/C16H18ClNO/c1-3-18-11-12-4-6-13(7-5-12)14-8-9-15(17)16(10-14)19-2/h4-10,18H,3,11H2,1-2H3. The Kier molecular flexibility index (Phi) is 4.83. The molecule has 2 aromatic rings. The van der Waals surface area contributed by atoms with Crippen LogP contribution in [0.4, 0.5) is 0 Å². The van der Waals surface area contributed by atoms with E-state index in [4.69, 9.17) is 16.3 Å². The van der Waals surface area contributed by atoms with E-state index in [1.54, 1.807) is 7.11 Å². The lowest BCUT2D eigenvalue weighted by atomic mass is 10.0. The Labute approximate surface area is 119 Å². The Bertz CT molecular complexity index is 537. The van der Waals surface area contributed by atoms with Gasteiger partial charge in [-0.2, -0.15) is 0 Å². The topological polar surface area (TPSA) is 21.3 Å². The van der Waals surface area contributed by atoms with Crippen molar-refractivity contribution in [1.82, 2.24) is 5.32 Å². The molecule has 0 amide bonds. The Morgan fingerprint density at radius 1 is 1.05 bits per heavy atom. The fraction of sp³-hybridized carbons (Fsp3) is 0.250. The molecule has 19 heavy (non-hydrogen) atoms. The maximum Gasteiger partial charge on any atom is 0.138 e. The van der Waals surface area contributed by atoms with Crippen LogP contribution >= 0.6 is 11.6 Å². The third-order valence-corrected chi connectivity index (χ3v) is 3.33. The van der Waals surface area contributed by atoms with Crippen molar-refractivity contribution in [3.63, 3.8) is 0 Å². The molecule has 0 aliphatic rings. The first-order chi connectivity index (χ1) is 9.24. The quantitative estimate of drug-likeness (QED) is 0.886. The van der Waals surface area contributed by atoms with E-state index in [0.717, 1.165) is 24.2 Å². The van der Waals surface area contributed by atoms with Crippen LogP contribution in [0, 0.1) is 0 Å². The van der Waals surface area contributed by atoms with Gasteiger partial charge in [-0.05, 0) is 35.4 Å². The SMILES string of the molecule is CCNCc1ccc(-c2ccc(Cl)c(OC)c2)cc1. The highest BCUT2D eigenvalue weighted by Gasteiger charge is 2.04. The molecule has 100 valence electrons. The highest BCUT2D eigenvalue weighted by Crippen LogP contribution is 2.30. The third-order valence-electron chi connectivity index (χ3n) is 3.02. The second-order valence-corrected chi connectivity index (χ2v) is 4.73. The number of methoxy groups -OCH3 is 1. The molecule has 0 aliphatic carbocycles. The van der Waals surface area contributed by atoms with Gasteiger partial charge in [0.15, 0.2) is 0 Å². The first kappa shape index (κ1) is 13.9. The van der Waals surface area contributed by atoms with Crippen molar-refractivity contribution in [2.24, 2.45) is 0 Å². The minimum Gasteiger partial charge on any atom is -0.495 e. The zero-order valence-corrected chi connectivity index (χ0v) is 12.0. The second kappa shape index (κ2) is 6.60. The molecule has 0 bridgehead atoms. The summed E-state index contributed by atoms with van der Waals surface area (Å²) in [6, 6.07) is 14.3. The van der Waals surface area contributed by atoms with Crippen molar-refractivity contribution in [3.8, 4) is 16.9 Å². The minimum absolute atomic E-state index is 0.634. The van der Waals surface area contributed by atoms with E-state index >= 15 is 0 Å². The van der Waals surface area contributed by atoms with Gasteiger partial charge < -0.3 is 10.1 Å². The van der Waals surface area contributed by atoms with Crippen LogP contribution in [0.5, 0.6) is 5.75 Å². The van der Waals surface area contributed by atoms with Crippen molar-refractivity contribution in [2.45, 2.75) is 13.5 Å². The molecule has 0 saturated heterocycles. The van der Waals surface area contributed by atoms with Crippen LogP contribution in [0.2, 0.25) is 5.02 Å². The number of ether oxygens (including phenoxy) is 1. The Morgan fingerprint density at radius 2 is 1.74 bits per heavy atom. The fourth-order valence-corrected chi connectivity index (χ4v) is 2.12. The fourth-order valence-electron chi connectivity index (χ4n) is 1.92. The molecule has 0 spiro atoms. The van der Waals surface area contributed by atoms with Gasteiger partial charge in [0, 0.05) is 6.54 Å². The molecule has 0 atom stereocenters. The van der Waals surface area contributed by atoms with Crippen LogP contribution in [0.15, 0.2) is 42.5 Å². The molecule has 0 saturated carbocycles. The second-order valence-electron chi connectivity index (χ2n) is 4.33. The van der Waals surface area contributed by atoms with E-state index in [2.05, 4.69) is 36.5 Å². The number of hydrogen-bond acceptors (Lipinski definition) is 2. The molecule has 2 aromatic carbocycles. The van der Waals surface area contributed by atoms with Crippen LogP contribution in [0.3, 0.4) is 0 Å². The first-order valence-corrected chi connectivity index (χ1v) is 6.76. The summed E-state index contributed by atoms with van der Waals surface area (Å²) in [4.78, 5) is 0. The molecule has 0 unspecified atom stereocenters. The molecule has 0 aliphatic heterocycles. The van der Waals surface area contributed by atoms with E-state index in [0.29, 0.717) is 10.8 Å². The Morgan fingerprint density at radius 3 is 2.37 bits per heavy atom. The summed E-state index contributed by atoms with van der Waals surface area (Å²) in [7, 11) is 1.63. The summed E-state index contributed by atoms with van der Waals surface area (Å²) in [5.41, 5.74) is 3.55. The average Bonchev–Trinajstić information content (AvgIpc) is 2.46. The molecule has 0 aromatic heterocycles. The first-order valence-electron chi connectivity index (χ1n) is 6.38. The maximum absolute atomic E-state index is 6.03. The largest absolute Gasteiger partial charge is 0.495 e. The number of nitrogens with one attached hydrogen (secondary N) is 1. The van der Waals surface area contributed by atoms with E-state index < -0.39 is 0 Å². The van der Waals surface area contributed by atoms with Gasteiger partial charge in [0.2, 0.25) is 0 Å². The summed E-state index contributed by atoms with van der Waals surface area (Å²) >= 11 is 6.03. The molecule has 2 rings (SSSR count). The van der Waals surface area contributed by atoms with Crippen LogP contribution in [0.25, 0.3) is 11.1 Å². The summed E-state index contributed by atoms with van der Waals surface area (Å²) < 4.78 is 5.24. The van der Waals surface area contributed by atoms with Crippen LogP contribution < -0.4 is 10.1 Å². The molecule has 2 nitrogen and oxygen atoms in total. The molecule has 0 fully saturated rings. The zero-order chi connectivity index (χ0) is 13.7. The molecule has 0 heterocycles. The van der Waals surface area contributed by atoms with Crippen molar-refractivity contribution in [3.05, 3.63) is 53.1 Å². The monoisotopic (exact) mass is 275 g/mol. The Balaban J connectivity index is 2.22. The van der Waals surface area contributed by atoms with Gasteiger partial charge in [0.1, 0.15) is 5.75 Å².